The average Bonchev–Trinajstić information content (AvgIpc) is 3.38. The number of halogens is 4. The van der Waals surface area contributed by atoms with Gasteiger partial charge in [0.25, 0.3) is 0 Å². The third-order valence-electron chi connectivity index (χ3n) is 5.16. The summed E-state index contributed by atoms with van der Waals surface area (Å²) in [4.78, 5) is 11.2. The molecule has 0 radical (unpaired) electrons. The van der Waals surface area contributed by atoms with E-state index in [0.29, 0.717) is 38.5 Å². The number of benzene rings is 2. The molecule has 0 fully saturated rings. The van der Waals surface area contributed by atoms with E-state index in [4.69, 9.17) is 11.6 Å². The Morgan fingerprint density at radius 2 is 1.88 bits per heavy atom. The Hall–Kier alpha value is -3.37. The Morgan fingerprint density at radius 1 is 1.06 bits per heavy atom. The third-order valence-corrected chi connectivity index (χ3v) is 6.87. The smallest absolute Gasteiger partial charge is 0.329 e. The highest BCUT2D eigenvalue weighted by Gasteiger charge is 2.30. The molecule has 5 rings (SSSR count). The quantitative estimate of drug-likeness (QED) is 0.359. The number of aromatic amines is 1. The van der Waals surface area contributed by atoms with Gasteiger partial charge >= 0.3 is 6.18 Å². The normalized spacial score (nSPS) is 12.6. The minimum absolute atomic E-state index is 0.202. The van der Waals surface area contributed by atoms with Gasteiger partial charge in [0, 0.05) is 22.3 Å². The molecule has 2 aromatic carbocycles. The van der Waals surface area contributed by atoms with Crippen LogP contribution in [-0.4, -0.2) is 27.8 Å². The lowest BCUT2D eigenvalue weighted by molar-refractivity contribution is -0.137. The first-order valence-corrected chi connectivity index (χ1v) is 11.7. The maximum atomic E-state index is 13.1. The van der Waals surface area contributed by atoms with Gasteiger partial charge in [-0.25, -0.2) is 18.4 Å². The van der Waals surface area contributed by atoms with Crippen LogP contribution in [0.3, 0.4) is 0 Å². The Bertz CT molecular complexity index is 1620. The molecule has 0 spiro atoms. The van der Waals surface area contributed by atoms with Crippen molar-refractivity contribution in [2.24, 2.45) is 0 Å². The molecule has 0 atom stereocenters. The van der Waals surface area contributed by atoms with Crippen LogP contribution in [0.1, 0.15) is 11.1 Å². The number of H-pyrrole nitrogens is 1. The molecule has 0 saturated carbocycles. The summed E-state index contributed by atoms with van der Waals surface area (Å²) in [5.41, 5.74) is 1.61. The van der Waals surface area contributed by atoms with Crippen LogP contribution in [0.4, 0.5) is 13.2 Å². The Morgan fingerprint density at radius 3 is 2.67 bits per heavy atom. The zero-order valence-electron chi connectivity index (χ0n) is 16.6. The molecule has 168 valence electrons. The van der Waals surface area contributed by atoms with Crippen molar-refractivity contribution < 1.29 is 21.6 Å². The Kier molecular flexibility index (Phi) is 4.95. The number of aromatic nitrogens is 4. The highest BCUT2D eigenvalue weighted by Crippen LogP contribution is 2.33. The zero-order valence-corrected chi connectivity index (χ0v) is 18.2. The van der Waals surface area contributed by atoms with E-state index in [1.165, 1.54) is 12.3 Å². The van der Waals surface area contributed by atoms with E-state index in [2.05, 4.69) is 15.0 Å². The van der Waals surface area contributed by atoms with Crippen LogP contribution >= 0.6 is 11.6 Å². The number of imidazole rings is 2. The summed E-state index contributed by atoms with van der Waals surface area (Å²) in [6.07, 6.45) is -1.44. The van der Waals surface area contributed by atoms with Gasteiger partial charge < -0.3 is 4.98 Å². The van der Waals surface area contributed by atoms with Crippen molar-refractivity contribution in [3.05, 3.63) is 83.1 Å². The first-order chi connectivity index (χ1) is 15.6. The first kappa shape index (κ1) is 21.5. The molecule has 0 saturated heterocycles. The molecule has 3 heterocycles. The second-order valence-corrected chi connectivity index (χ2v) is 9.75. The molecule has 6 nitrogen and oxygen atoms in total. The number of sulfone groups is 1. The predicted octanol–water partition coefficient (Wildman–Crippen LogP) is 5.52. The Labute approximate surface area is 190 Å². The summed E-state index contributed by atoms with van der Waals surface area (Å²) < 4.78 is 67.0. The molecular formula is C22H14ClF3N4O2S. The Balaban J connectivity index is 1.54. The molecule has 1 N–H and O–H groups in total. The molecule has 0 bridgehead atoms. The second kappa shape index (κ2) is 7.60. The van der Waals surface area contributed by atoms with Crippen LogP contribution in [-0.2, 0) is 21.8 Å². The summed E-state index contributed by atoms with van der Waals surface area (Å²) in [5, 5.41) is 0.241. The number of pyridine rings is 1. The standard InChI is InChI=1S/C22H14ClF3N4O2S/c23-16-6-7-17-18(10-16)29-21(28-17)33(31,32)12-14-4-2-8-30-19(11-27-20(14)30)13-3-1-5-15(9-13)22(24,25)26/h1-11H,12H2,(H,28,29). The van der Waals surface area contributed by atoms with Crippen molar-refractivity contribution in [2.75, 3.05) is 0 Å². The molecule has 3 aromatic heterocycles. The van der Waals surface area contributed by atoms with Crippen LogP contribution in [0.2, 0.25) is 5.02 Å². The number of fused-ring (bicyclic) bond motifs is 2. The zero-order chi connectivity index (χ0) is 23.4. The van der Waals surface area contributed by atoms with E-state index >= 15 is 0 Å². The molecule has 0 aliphatic heterocycles. The maximum absolute atomic E-state index is 13.1. The van der Waals surface area contributed by atoms with E-state index in [0.717, 1.165) is 12.1 Å². The average molecular weight is 491 g/mol. The van der Waals surface area contributed by atoms with E-state index in [9.17, 15) is 21.6 Å². The van der Waals surface area contributed by atoms with Crippen molar-refractivity contribution in [1.29, 1.82) is 0 Å². The molecule has 33 heavy (non-hydrogen) atoms. The van der Waals surface area contributed by atoms with Crippen LogP contribution in [0.25, 0.3) is 27.9 Å². The van der Waals surface area contributed by atoms with Gasteiger partial charge in [-0.15, -0.1) is 0 Å². The van der Waals surface area contributed by atoms with Crippen LogP contribution in [0, 0.1) is 0 Å². The number of rotatable bonds is 4. The lowest BCUT2D eigenvalue weighted by Crippen LogP contribution is -2.08. The fraction of sp³-hybridized carbons (Fsp3) is 0.0909. The third kappa shape index (κ3) is 3.96. The fourth-order valence-corrected chi connectivity index (χ4v) is 5.08. The SMILES string of the molecule is O=S(=O)(Cc1cccn2c(-c3cccc(C(F)(F)F)c3)cnc12)c1nc2ccc(Cl)cc2[nH]1. The van der Waals surface area contributed by atoms with Gasteiger partial charge in [-0.1, -0.05) is 29.8 Å². The summed E-state index contributed by atoms with van der Waals surface area (Å²) >= 11 is 5.95. The van der Waals surface area contributed by atoms with Gasteiger partial charge in [0.05, 0.1) is 34.2 Å². The van der Waals surface area contributed by atoms with E-state index in [1.54, 1.807) is 47.0 Å². The minimum atomic E-state index is -4.48. The van der Waals surface area contributed by atoms with Gasteiger partial charge in [-0.3, -0.25) is 4.40 Å². The van der Waals surface area contributed by atoms with Crippen molar-refractivity contribution in [3.8, 4) is 11.3 Å². The van der Waals surface area contributed by atoms with Crippen LogP contribution in [0.15, 0.2) is 72.1 Å². The molecule has 5 aromatic rings. The topological polar surface area (TPSA) is 80.1 Å². The lowest BCUT2D eigenvalue weighted by atomic mass is 10.1. The van der Waals surface area contributed by atoms with E-state index < -0.39 is 27.3 Å². The summed E-state index contributed by atoms with van der Waals surface area (Å²) in [7, 11) is -3.87. The highest BCUT2D eigenvalue weighted by molar-refractivity contribution is 7.90. The summed E-state index contributed by atoms with van der Waals surface area (Å²) in [6, 6.07) is 12.9. The number of hydrogen-bond donors (Lipinski definition) is 1. The van der Waals surface area contributed by atoms with E-state index in [-0.39, 0.29) is 5.16 Å². The van der Waals surface area contributed by atoms with Gasteiger partial charge in [0.2, 0.25) is 15.0 Å². The number of nitrogens with one attached hydrogen (secondary N) is 1. The fourth-order valence-electron chi connectivity index (χ4n) is 3.63. The molecule has 0 aliphatic carbocycles. The number of alkyl halides is 3. The van der Waals surface area contributed by atoms with Crippen molar-refractivity contribution in [1.82, 2.24) is 19.4 Å². The number of hydrogen-bond acceptors (Lipinski definition) is 4. The maximum Gasteiger partial charge on any atom is 0.416 e. The van der Waals surface area contributed by atoms with Gasteiger partial charge in [-0.05, 0) is 36.4 Å². The predicted molar refractivity (Wildman–Crippen MR) is 118 cm³/mol. The van der Waals surface area contributed by atoms with Gasteiger partial charge in [-0.2, -0.15) is 13.2 Å². The monoisotopic (exact) mass is 490 g/mol. The second-order valence-electron chi connectivity index (χ2n) is 7.41. The molecule has 11 heteroatoms. The largest absolute Gasteiger partial charge is 0.416 e. The molecule has 0 unspecified atom stereocenters. The highest BCUT2D eigenvalue weighted by atomic mass is 35.5. The lowest BCUT2D eigenvalue weighted by Gasteiger charge is -2.09. The van der Waals surface area contributed by atoms with Crippen LogP contribution < -0.4 is 0 Å². The van der Waals surface area contributed by atoms with E-state index in [1.807, 2.05) is 0 Å². The molecule has 0 aliphatic rings. The number of nitrogens with zero attached hydrogens (tertiary/aromatic N) is 3. The van der Waals surface area contributed by atoms with Crippen molar-refractivity contribution in [2.45, 2.75) is 17.1 Å². The minimum Gasteiger partial charge on any atom is -0.329 e. The van der Waals surface area contributed by atoms with Gasteiger partial charge in [0.1, 0.15) is 5.65 Å². The van der Waals surface area contributed by atoms with Crippen molar-refractivity contribution >= 4 is 38.1 Å². The summed E-state index contributed by atoms with van der Waals surface area (Å²) in [5.74, 6) is -0.399. The first-order valence-electron chi connectivity index (χ1n) is 9.62. The molecular weight excluding hydrogens is 477 g/mol. The van der Waals surface area contributed by atoms with Crippen molar-refractivity contribution in [3.63, 3.8) is 0 Å². The van der Waals surface area contributed by atoms with Crippen LogP contribution in [0.5, 0.6) is 0 Å². The summed E-state index contributed by atoms with van der Waals surface area (Å²) in [6.45, 7) is 0. The molecule has 0 amide bonds. The van der Waals surface area contributed by atoms with Gasteiger partial charge in [0.15, 0.2) is 0 Å².